The van der Waals surface area contributed by atoms with Crippen molar-refractivity contribution in [1.29, 1.82) is 0 Å². The molecule has 0 aromatic heterocycles. The summed E-state index contributed by atoms with van der Waals surface area (Å²) in [4.78, 5) is 26.3. The Morgan fingerprint density at radius 3 is 2.74 bits per heavy atom. The van der Waals surface area contributed by atoms with Crippen LogP contribution in [-0.4, -0.2) is 47.6 Å². The Balaban J connectivity index is 1.76. The van der Waals surface area contributed by atoms with E-state index in [1.54, 1.807) is 0 Å². The molecule has 2 heterocycles. The van der Waals surface area contributed by atoms with Gasteiger partial charge in [-0.1, -0.05) is 6.42 Å². The van der Waals surface area contributed by atoms with E-state index in [9.17, 15) is 14.7 Å². The van der Waals surface area contributed by atoms with E-state index in [0.717, 1.165) is 25.7 Å². The van der Waals surface area contributed by atoms with Gasteiger partial charge in [-0.25, -0.2) is 0 Å². The van der Waals surface area contributed by atoms with E-state index in [0.29, 0.717) is 32.5 Å². The third kappa shape index (κ3) is 2.04. The summed E-state index contributed by atoms with van der Waals surface area (Å²) in [6.45, 7) is 1.67. The number of carbonyl (C=O) groups is 2. The van der Waals surface area contributed by atoms with Gasteiger partial charge in [-0.3, -0.25) is 9.59 Å². The number of hydrogen-bond acceptors (Lipinski definition) is 3. The number of hydrogen-bond donors (Lipinski definition) is 2. The molecule has 3 aliphatic rings. The number of nitrogens with one attached hydrogen (secondary N) is 1. The van der Waals surface area contributed by atoms with Crippen LogP contribution in [0.5, 0.6) is 0 Å². The molecule has 2 saturated heterocycles. The summed E-state index contributed by atoms with van der Waals surface area (Å²) in [7, 11) is 0. The van der Waals surface area contributed by atoms with Gasteiger partial charge in [-0.05, 0) is 32.1 Å². The zero-order valence-corrected chi connectivity index (χ0v) is 11.2. The molecule has 106 valence electrons. The molecule has 19 heavy (non-hydrogen) atoms. The molecule has 0 bridgehead atoms. The van der Waals surface area contributed by atoms with E-state index in [-0.39, 0.29) is 17.7 Å². The van der Waals surface area contributed by atoms with Gasteiger partial charge in [0.2, 0.25) is 11.8 Å². The summed E-state index contributed by atoms with van der Waals surface area (Å²) >= 11 is 0. The van der Waals surface area contributed by atoms with Crippen LogP contribution in [0.1, 0.15) is 38.5 Å². The van der Waals surface area contributed by atoms with E-state index in [4.69, 9.17) is 0 Å². The highest BCUT2D eigenvalue weighted by Crippen LogP contribution is 2.39. The lowest BCUT2D eigenvalue weighted by molar-refractivity contribution is -0.157. The second kappa shape index (κ2) is 4.78. The number of nitrogens with zero attached hydrogens (tertiary/aromatic N) is 1. The number of aliphatic hydroxyl groups excluding tert-OH is 1. The summed E-state index contributed by atoms with van der Waals surface area (Å²) in [5.41, 5.74) is -0.754. The lowest BCUT2D eigenvalue weighted by Crippen LogP contribution is -2.62. The quantitative estimate of drug-likeness (QED) is 0.716. The minimum Gasteiger partial charge on any atom is -0.392 e. The second-order valence-electron chi connectivity index (χ2n) is 6.21. The van der Waals surface area contributed by atoms with Crippen LogP contribution in [0.15, 0.2) is 0 Å². The van der Waals surface area contributed by atoms with Crippen LogP contribution in [-0.2, 0) is 9.59 Å². The first kappa shape index (κ1) is 12.9. The van der Waals surface area contributed by atoms with Crippen LogP contribution in [0.2, 0.25) is 0 Å². The predicted octanol–water partition coefficient (Wildman–Crippen LogP) is 0.276. The molecule has 1 spiro atoms. The molecule has 0 aromatic carbocycles. The first-order chi connectivity index (χ1) is 9.13. The summed E-state index contributed by atoms with van der Waals surface area (Å²) < 4.78 is 0. The van der Waals surface area contributed by atoms with Crippen molar-refractivity contribution >= 4 is 11.8 Å². The molecular weight excluding hydrogens is 244 g/mol. The Bertz CT molecular complexity index is 394. The molecule has 2 atom stereocenters. The minimum atomic E-state index is -0.754. The largest absolute Gasteiger partial charge is 0.392 e. The van der Waals surface area contributed by atoms with Crippen molar-refractivity contribution in [3.63, 3.8) is 0 Å². The summed E-state index contributed by atoms with van der Waals surface area (Å²) in [6, 6.07) is 0. The molecule has 0 aromatic rings. The molecular formula is C14H22N2O3. The Labute approximate surface area is 113 Å². The molecule has 5 nitrogen and oxygen atoms in total. The Kier molecular flexibility index (Phi) is 3.25. The Morgan fingerprint density at radius 2 is 2.11 bits per heavy atom. The molecule has 0 radical (unpaired) electrons. The zero-order chi connectivity index (χ0) is 13.5. The maximum atomic E-state index is 12.3. The zero-order valence-electron chi connectivity index (χ0n) is 11.2. The normalized spacial score (nSPS) is 35.9. The van der Waals surface area contributed by atoms with Crippen LogP contribution in [0.3, 0.4) is 0 Å². The monoisotopic (exact) mass is 266 g/mol. The van der Waals surface area contributed by atoms with Crippen molar-refractivity contribution in [1.82, 2.24) is 10.2 Å². The number of piperidine rings is 2. The molecule has 0 unspecified atom stereocenters. The standard InChI is InChI=1S/C14H22N2O3/c17-11-5-8-16(12(18)10-3-1-4-10)9-14(11)6-2-7-15-13(14)19/h10-11,17H,1-9H2,(H,15,19)/t11-,14-/m1/s1. The van der Waals surface area contributed by atoms with Gasteiger partial charge in [0.15, 0.2) is 0 Å². The fraction of sp³-hybridized carbons (Fsp3) is 0.857. The van der Waals surface area contributed by atoms with Gasteiger partial charge in [-0.15, -0.1) is 0 Å². The van der Waals surface area contributed by atoms with E-state index < -0.39 is 11.5 Å². The maximum Gasteiger partial charge on any atom is 0.230 e. The third-order valence-electron chi connectivity index (χ3n) is 5.09. The highest BCUT2D eigenvalue weighted by atomic mass is 16.3. The maximum absolute atomic E-state index is 12.3. The lowest BCUT2D eigenvalue weighted by atomic mass is 9.71. The molecule has 1 aliphatic carbocycles. The predicted molar refractivity (Wildman–Crippen MR) is 69.2 cm³/mol. The number of carbonyl (C=O) groups excluding carboxylic acids is 2. The number of likely N-dealkylation sites (tertiary alicyclic amines) is 1. The van der Waals surface area contributed by atoms with Crippen molar-refractivity contribution in [2.24, 2.45) is 11.3 Å². The van der Waals surface area contributed by atoms with Crippen LogP contribution in [0, 0.1) is 11.3 Å². The molecule has 5 heteroatoms. The summed E-state index contributed by atoms with van der Waals surface area (Å²) in [5.74, 6) is 0.284. The first-order valence-corrected chi connectivity index (χ1v) is 7.39. The average Bonchev–Trinajstić information content (AvgIpc) is 2.34. The van der Waals surface area contributed by atoms with Crippen molar-refractivity contribution in [3.05, 3.63) is 0 Å². The van der Waals surface area contributed by atoms with Crippen LogP contribution >= 0.6 is 0 Å². The fourth-order valence-corrected chi connectivity index (χ4v) is 3.55. The van der Waals surface area contributed by atoms with Gasteiger partial charge >= 0.3 is 0 Å². The molecule has 2 amide bonds. The van der Waals surface area contributed by atoms with Gasteiger partial charge < -0.3 is 15.3 Å². The molecule has 1 saturated carbocycles. The van der Waals surface area contributed by atoms with E-state index in [2.05, 4.69) is 5.32 Å². The van der Waals surface area contributed by atoms with Crippen LogP contribution in [0.4, 0.5) is 0 Å². The number of aliphatic hydroxyl groups is 1. The van der Waals surface area contributed by atoms with Crippen LogP contribution < -0.4 is 5.32 Å². The van der Waals surface area contributed by atoms with Crippen molar-refractivity contribution in [3.8, 4) is 0 Å². The number of amides is 2. The van der Waals surface area contributed by atoms with Gasteiger partial charge in [0, 0.05) is 25.6 Å². The van der Waals surface area contributed by atoms with Crippen molar-refractivity contribution < 1.29 is 14.7 Å². The van der Waals surface area contributed by atoms with Gasteiger partial charge in [0.05, 0.1) is 11.5 Å². The van der Waals surface area contributed by atoms with E-state index >= 15 is 0 Å². The van der Waals surface area contributed by atoms with E-state index in [1.165, 1.54) is 0 Å². The highest BCUT2D eigenvalue weighted by molar-refractivity contribution is 5.86. The van der Waals surface area contributed by atoms with Gasteiger partial charge in [0.25, 0.3) is 0 Å². The van der Waals surface area contributed by atoms with Gasteiger partial charge in [0.1, 0.15) is 0 Å². The average molecular weight is 266 g/mol. The number of rotatable bonds is 1. The first-order valence-electron chi connectivity index (χ1n) is 7.39. The topological polar surface area (TPSA) is 69.6 Å². The van der Waals surface area contributed by atoms with Gasteiger partial charge in [-0.2, -0.15) is 0 Å². The molecule has 2 N–H and O–H groups in total. The molecule has 3 rings (SSSR count). The Morgan fingerprint density at radius 1 is 1.32 bits per heavy atom. The van der Waals surface area contributed by atoms with Crippen molar-refractivity contribution in [2.75, 3.05) is 19.6 Å². The Hall–Kier alpha value is -1.10. The summed E-state index contributed by atoms with van der Waals surface area (Å²) in [6.07, 6.45) is 4.58. The van der Waals surface area contributed by atoms with Crippen molar-refractivity contribution in [2.45, 2.75) is 44.6 Å². The minimum absolute atomic E-state index is 0.0719. The fourth-order valence-electron chi connectivity index (χ4n) is 3.55. The van der Waals surface area contributed by atoms with Crippen LogP contribution in [0.25, 0.3) is 0 Å². The molecule has 2 aliphatic heterocycles. The smallest absolute Gasteiger partial charge is 0.230 e. The second-order valence-corrected chi connectivity index (χ2v) is 6.21. The highest BCUT2D eigenvalue weighted by Gasteiger charge is 2.51. The van der Waals surface area contributed by atoms with E-state index in [1.807, 2.05) is 4.90 Å². The SMILES string of the molecule is O=C(C1CCC1)N1CC[C@@H](O)[C@@]2(CCCNC2=O)C1. The lowest BCUT2D eigenvalue weighted by Gasteiger charge is -2.48. The summed E-state index contributed by atoms with van der Waals surface area (Å²) in [5, 5.41) is 13.1. The third-order valence-corrected chi connectivity index (χ3v) is 5.09. The molecule has 3 fully saturated rings.